The normalized spacial score (nSPS) is 23.8. The molecule has 0 bridgehead atoms. The van der Waals surface area contributed by atoms with Crippen molar-refractivity contribution in [3.8, 4) is 0 Å². The highest BCUT2D eigenvalue weighted by molar-refractivity contribution is 5.85. The van der Waals surface area contributed by atoms with Gasteiger partial charge >= 0.3 is 0 Å². The van der Waals surface area contributed by atoms with Crippen LogP contribution in [-0.4, -0.2) is 22.6 Å². The first kappa shape index (κ1) is 12.3. The van der Waals surface area contributed by atoms with Crippen molar-refractivity contribution in [1.29, 1.82) is 0 Å². The summed E-state index contributed by atoms with van der Waals surface area (Å²) >= 11 is 0. The first-order valence-electron chi connectivity index (χ1n) is 4.54. The van der Waals surface area contributed by atoms with Crippen molar-refractivity contribution in [3.63, 3.8) is 0 Å². The summed E-state index contributed by atoms with van der Waals surface area (Å²) in [6.45, 7) is 1.56. The Balaban J connectivity index is 0.00000112. The van der Waals surface area contributed by atoms with Gasteiger partial charge in [-0.25, -0.2) is 8.78 Å². The zero-order valence-electron chi connectivity index (χ0n) is 8.17. The van der Waals surface area contributed by atoms with E-state index in [0.717, 1.165) is 0 Å². The van der Waals surface area contributed by atoms with Crippen LogP contribution in [0.4, 0.5) is 8.78 Å². The molecule has 86 valence electrons. The van der Waals surface area contributed by atoms with Gasteiger partial charge in [0.1, 0.15) is 0 Å². The van der Waals surface area contributed by atoms with Crippen molar-refractivity contribution in [2.45, 2.75) is 31.7 Å². The zero-order valence-corrected chi connectivity index (χ0v) is 8.98. The molecule has 0 amide bonds. The van der Waals surface area contributed by atoms with E-state index in [4.69, 9.17) is 4.52 Å². The minimum atomic E-state index is -2.66. The molecule has 0 radical (unpaired) electrons. The van der Waals surface area contributed by atoms with Gasteiger partial charge in [0.15, 0.2) is 5.82 Å². The molecule has 4 nitrogen and oxygen atoms in total. The lowest BCUT2D eigenvalue weighted by Crippen LogP contribution is -2.19. The van der Waals surface area contributed by atoms with Crippen molar-refractivity contribution < 1.29 is 13.3 Å². The minimum Gasteiger partial charge on any atom is -0.338 e. The molecule has 1 unspecified atom stereocenters. The summed E-state index contributed by atoms with van der Waals surface area (Å²) in [5.41, 5.74) is 0. The van der Waals surface area contributed by atoms with Crippen LogP contribution in [0.2, 0.25) is 0 Å². The summed E-state index contributed by atoms with van der Waals surface area (Å²) in [6, 6.07) is -0.502. The summed E-state index contributed by atoms with van der Waals surface area (Å²) in [4.78, 5) is 4.00. The molecule has 2 heterocycles. The van der Waals surface area contributed by atoms with Crippen LogP contribution in [0.15, 0.2) is 4.52 Å². The van der Waals surface area contributed by atoms with Crippen LogP contribution in [-0.2, 0) is 6.42 Å². The number of nitrogens with one attached hydrogen (secondary N) is 1. The summed E-state index contributed by atoms with van der Waals surface area (Å²) in [5, 5.41) is 6.31. The van der Waals surface area contributed by atoms with Crippen molar-refractivity contribution in [3.05, 3.63) is 11.7 Å². The number of hydrogen-bond donors (Lipinski definition) is 1. The Morgan fingerprint density at radius 2 is 2.33 bits per heavy atom. The van der Waals surface area contributed by atoms with E-state index >= 15 is 0 Å². The summed E-state index contributed by atoms with van der Waals surface area (Å²) in [7, 11) is 0. The molecule has 0 aliphatic carbocycles. The second-order valence-corrected chi connectivity index (χ2v) is 3.40. The van der Waals surface area contributed by atoms with Gasteiger partial charge in [-0.05, 0) is 0 Å². The Bertz CT molecular complexity index is 331. The lowest BCUT2D eigenvalue weighted by molar-refractivity contribution is 0.0200. The van der Waals surface area contributed by atoms with Gasteiger partial charge in [-0.2, -0.15) is 4.98 Å². The van der Waals surface area contributed by atoms with Crippen LogP contribution < -0.4 is 5.32 Å². The van der Waals surface area contributed by atoms with E-state index in [9.17, 15) is 8.78 Å². The van der Waals surface area contributed by atoms with Crippen LogP contribution in [0.25, 0.3) is 0 Å². The summed E-state index contributed by atoms with van der Waals surface area (Å²) in [5.74, 6) is -1.85. The third kappa shape index (κ3) is 2.63. The van der Waals surface area contributed by atoms with Crippen molar-refractivity contribution >= 4 is 12.4 Å². The molecular weight excluding hydrogens is 228 g/mol. The monoisotopic (exact) mass is 239 g/mol. The predicted octanol–water partition coefficient (Wildman–Crippen LogP) is 1.72. The van der Waals surface area contributed by atoms with Crippen LogP contribution in [0.1, 0.15) is 31.1 Å². The predicted molar refractivity (Wildman–Crippen MR) is 51.2 cm³/mol. The van der Waals surface area contributed by atoms with Crippen LogP contribution >= 0.6 is 12.4 Å². The average molecular weight is 240 g/mol. The number of alkyl halides is 2. The van der Waals surface area contributed by atoms with Gasteiger partial charge in [-0.3, -0.25) is 5.32 Å². The maximum Gasteiger partial charge on any atom is 0.262 e. The molecule has 1 saturated heterocycles. The van der Waals surface area contributed by atoms with E-state index in [-0.39, 0.29) is 31.3 Å². The molecule has 15 heavy (non-hydrogen) atoms. The highest BCUT2D eigenvalue weighted by Crippen LogP contribution is 2.32. The maximum absolute atomic E-state index is 12.8. The largest absolute Gasteiger partial charge is 0.338 e. The average Bonchev–Trinajstić information content (AvgIpc) is 2.70. The molecule has 1 fully saturated rings. The third-order valence-electron chi connectivity index (χ3n) is 2.21. The Morgan fingerprint density at radius 3 is 2.80 bits per heavy atom. The quantitative estimate of drug-likeness (QED) is 0.854. The number of nitrogens with zero attached hydrogens (tertiary/aromatic N) is 2. The number of halogens is 3. The molecule has 1 aromatic rings. The second-order valence-electron chi connectivity index (χ2n) is 3.40. The molecule has 2 rings (SSSR count). The number of rotatable bonds is 2. The van der Waals surface area contributed by atoms with Crippen LogP contribution in [0.3, 0.4) is 0 Å². The van der Waals surface area contributed by atoms with Gasteiger partial charge in [-0.1, -0.05) is 12.1 Å². The van der Waals surface area contributed by atoms with E-state index in [1.54, 1.807) is 0 Å². The van der Waals surface area contributed by atoms with Gasteiger partial charge in [0.05, 0.1) is 12.6 Å². The van der Waals surface area contributed by atoms with E-state index in [2.05, 4.69) is 15.5 Å². The molecule has 1 N–H and O–H groups in total. The lowest BCUT2D eigenvalue weighted by atomic mass is 10.2. The Morgan fingerprint density at radius 1 is 1.60 bits per heavy atom. The molecule has 0 saturated carbocycles. The van der Waals surface area contributed by atoms with Gasteiger partial charge in [0.25, 0.3) is 5.92 Å². The first-order chi connectivity index (χ1) is 6.61. The van der Waals surface area contributed by atoms with Crippen molar-refractivity contribution in [2.24, 2.45) is 0 Å². The fourth-order valence-corrected chi connectivity index (χ4v) is 1.44. The van der Waals surface area contributed by atoms with Crippen molar-refractivity contribution in [2.75, 3.05) is 6.54 Å². The van der Waals surface area contributed by atoms with Crippen LogP contribution in [0.5, 0.6) is 0 Å². The fourth-order valence-electron chi connectivity index (χ4n) is 1.44. The van der Waals surface area contributed by atoms with Gasteiger partial charge < -0.3 is 4.52 Å². The van der Waals surface area contributed by atoms with E-state index in [1.165, 1.54) is 0 Å². The Labute approximate surface area is 91.8 Å². The molecule has 0 aromatic carbocycles. The Kier molecular flexibility index (Phi) is 3.62. The number of aromatic nitrogens is 2. The fraction of sp³-hybridized carbons (Fsp3) is 0.750. The van der Waals surface area contributed by atoms with Crippen molar-refractivity contribution in [1.82, 2.24) is 15.5 Å². The van der Waals surface area contributed by atoms with Gasteiger partial charge in [0, 0.05) is 12.8 Å². The summed E-state index contributed by atoms with van der Waals surface area (Å²) < 4.78 is 30.5. The topological polar surface area (TPSA) is 51.0 Å². The molecule has 7 heteroatoms. The highest BCUT2D eigenvalue weighted by Gasteiger charge is 2.42. The number of hydrogen-bond acceptors (Lipinski definition) is 4. The van der Waals surface area contributed by atoms with E-state index in [0.29, 0.717) is 12.2 Å². The Hall–Kier alpha value is -0.750. The third-order valence-corrected chi connectivity index (χ3v) is 2.21. The van der Waals surface area contributed by atoms with E-state index < -0.39 is 12.0 Å². The summed E-state index contributed by atoms with van der Waals surface area (Å²) in [6.07, 6.45) is 0.380. The SMILES string of the molecule is CCc1noc(C2CC(F)(F)CN2)n1.Cl. The first-order valence-corrected chi connectivity index (χ1v) is 4.54. The minimum absolute atomic E-state index is 0. The molecule has 1 aliphatic rings. The number of aryl methyl sites for hydroxylation is 1. The highest BCUT2D eigenvalue weighted by atomic mass is 35.5. The van der Waals surface area contributed by atoms with Gasteiger partial charge in [0.2, 0.25) is 5.89 Å². The smallest absolute Gasteiger partial charge is 0.262 e. The molecule has 1 aliphatic heterocycles. The molecular formula is C8H12ClF2N3O. The standard InChI is InChI=1S/C8H11F2N3O.ClH/c1-2-6-12-7(14-13-6)5-3-8(9,10)4-11-5;/h5,11H,2-4H2,1H3;1H. The maximum atomic E-state index is 12.8. The van der Waals surface area contributed by atoms with Crippen LogP contribution in [0, 0.1) is 0 Å². The zero-order chi connectivity index (χ0) is 10.2. The lowest BCUT2D eigenvalue weighted by Gasteiger charge is -2.04. The molecule has 1 aromatic heterocycles. The van der Waals surface area contributed by atoms with E-state index in [1.807, 2.05) is 6.92 Å². The molecule has 0 spiro atoms. The second kappa shape index (κ2) is 4.40. The van der Waals surface area contributed by atoms with Gasteiger partial charge in [-0.15, -0.1) is 12.4 Å². The molecule has 1 atom stereocenters.